The Hall–Kier alpha value is -1.76. The molecule has 0 saturated heterocycles. The van der Waals surface area contributed by atoms with E-state index in [4.69, 9.17) is 5.11 Å². The summed E-state index contributed by atoms with van der Waals surface area (Å²) in [5.74, 6) is 5.62. The zero-order valence-electron chi connectivity index (χ0n) is 11.9. The molecule has 1 aromatic heterocycles. The van der Waals surface area contributed by atoms with Crippen LogP contribution in [0.1, 0.15) is 22.2 Å². The summed E-state index contributed by atoms with van der Waals surface area (Å²) in [5.41, 5.74) is 2.58. The highest BCUT2D eigenvalue weighted by Gasteiger charge is 2.04. The molecule has 0 spiro atoms. The van der Waals surface area contributed by atoms with E-state index in [-0.39, 0.29) is 6.61 Å². The lowest BCUT2D eigenvalue weighted by Crippen LogP contribution is -2.15. The Balaban J connectivity index is 2.02. The molecule has 20 heavy (non-hydrogen) atoms. The molecule has 1 heterocycles. The van der Waals surface area contributed by atoms with Crippen LogP contribution < -0.4 is 4.90 Å². The van der Waals surface area contributed by atoms with Gasteiger partial charge in [-0.25, -0.2) is 0 Å². The zero-order chi connectivity index (χ0) is 14.4. The van der Waals surface area contributed by atoms with Gasteiger partial charge in [-0.2, -0.15) is 0 Å². The fraction of sp³-hybridized carbons (Fsp3) is 0.294. The summed E-state index contributed by atoms with van der Waals surface area (Å²) in [6.07, 6.45) is 1.07. The molecule has 104 valence electrons. The molecule has 1 aromatic carbocycles. The summed E-state index contributed by atoms with van der Waals surface area (Å²) in [6.45, 7) is 2.95. The molecule has 0 saturated carbocycles. The van der Waals surface area contributed by atoms with Crippen LogP contribution >= 0.6 is 11.3 Å². The number of anilines is 1. The Morgan fingerprint density at radius 1 is 1.15 bits per heavy atom. The molecule has 0 unspecified atom stereocenters. The number of thiophene rings is 1. The van der Waals surface area contributed by atoms with Gasteiger partial charge in [0.15, 0.2) is 0 Å². The van der Waals surface area contributed by atoms with Crippen LogP contribution in [0.2, 0.25) is 0 Å². The maximum absolute atomic E-state index is 8.69. The number of benzene rings is 1. The van der Waals surface area contributed by atoms with Crippen LogP contribution in [0.15, 0.2) is 36.4 Å². The fourth-order valence-electron chi connectivity index (χ4n) is 1.97. The minimum Gasteiger partial charge on any atom is -0.384 e. The summed E-state index contributed by atoms with van der Waals surface area (Å²) in [7, 11) is 2.10. The molecule has 2 aromatic rings. The molecule has 0 amide bonds. The van der Waals surface area contributed by atoms with Gasteiger partial charge in [-0.3, -0.25) is 0 Å². The molecule has 0 aliphatic heterocycles. The highest BCUT2D eigenvalue weighted by atomic mass is 32.1. The zero-order valence-corrected chi connectivity index (χ0v) is 12.7. The first-order valence-electron chi connectivity index (χ1n) is 6.71. The average Bonchev–Trinajstić information content (AvgIpc) is 2.92. The number of hydrogen-bond acceptors (Lipinski definition) is 3. The minimum atomic E-state index is -0.0864. The lowest BCUT2D eigenvalue weighted by atomic mass is 10.1. The van der Waals surface area contributed by atoms with Crippen LogP contribution in [0.25, 0.3) is 0 Å². The van der Waals surface area contributed by atoms with Gasteiger partial charge in [0, 0.05) is 17.6 Å². The van der Waals surface area contributed by atoms with Crippen molar-refractivity contribution in [1.29, 1.82) is 0 Å². The third-order valence-electron chi connectivity index (χ3n) is 3.13. The van der Waals surface area contributed by atoms with Gasteiger partial charge in [0.1, 0.15) is 6.61 Å². The van der Waals surface area contributed by atoms with E-state index in [9.17, 15) is 0 Å². The third-order valence-corrected chi connectivity index (χ3v) is 4.12. The number of aliphatic hydroxyl groups is 1. The van der Waals surface area contributed by atoms with Gasteiger partial charge in [0.25, 0.3) is 0 Å². The van der Waals surface area contributed by atoms with Gasteiger partial charge >= 0.3 is 0 Å². The molecular formula is C17H19NOS. The van der Waals surface area contributed by atoms with Crippen molar-refractivity contribution in [3.8, 4) is 11.8 Å². The first-order valence-corrected chi connectivity index (χ1v) is 7.53. The summed E-state index contributed by atoms with van der Waals surface area (Å²) in [4.78, 5) is 4.51. The van der Waals surface area contributed by atoms with Crippen LogP contribution in [-0.2, 0) is 13.0 Å². The molecule has 0 aliphatic carbocycles. The van der Waals surface area contributed by atoms with Crippen LogP contribution in [0.5, 0.6) is 0 Å². The van der Waals surface area contributed by atoms with E-state index in [2.05, 4.69) is 61.0 Å². The van der Waals surface area contributed by atoms with Crippen LogP contribution in [0.3, 0.4) is 0 Å². The van der Waals surface area contributed by atoms with Gasteiger partial charge in [0.05, 0.1) is 11.4 Å². The maximum Gasteiger partial charge on any atom is 0.104 e. The Kier molecular flexibility index (Phi) is 5.23. The number of hydrogen-bond donors (Lipinski definition) is 1. The molecule has 0 radical (unpaired) electrons. The monoisotopic (exact) mass is 285 g/mol. The number of aliphatic hydroxyl groups excluding tert-OH is 1. The van der Waals surface area contributed by atoms with E-state index in [1.807, 2.05) is 6.07 Å². The van der Waals surface area contributed by atoms with Crippen LogP contribution in [0, 0.1) is 11.8 Å². The molecule has 0 fully saturated rings. The van der Waals surface area contributed by atoms with Gasteiger partial charge in [-0.1, -0.05) is 30.9 Å². The van der Waals surface area contributed by atoms with Gasteiger partial charge in [0.2, 0.25) is 0 Å². The number of nitrogens with zero attached hydrogens (tertiary/aromatic N) is 1. The standard InChI is InChI=1S/C17H19NOS/c1-3-14-6-8-15(9-7-14)18(2)13-17-11-10-16(20-17)5-4-12-19/h6-11,19H,3,12-13H2,1-2H3. The van der Waals surface area contributed by atoms with Crippen molar-refractivity contribution >= 4 is 17.0 Å². The molecule has 1 N–H and O–H groups in total. The summed E-state index contributed by atoms with van der Waals surface area (Å²) in [6, 6.07) is 12.8. The van der Waals surface area contributed by atoms with E-state index in [1.54, 1.807) is 11.3 Å². The average molecular weight is 285 g/mol. The predicted molar refractivity (Wildman–Crippen MR) is 86.2 cm³/mol. The quantitative estimate of drug-likeness (QED) is 0.871. The number of aryl methyl sites for hydroxylation is 1. The molecule has 3 heteroatoms. The normalized spacial score (nSPS) is 9.95. The van der Waals surface area contributed by atoms with Crippen molar-refractivity contribution in [1.82, 2.24) is 0 Å². The Bertz CT molecular complexity index is 604. The SMILES string of the molecule is CCc1ccc(N(C)Cc2ccc(C#CCO)s2)cc1. The summed E-state index contributed by atoms with van der Waals surface area (Å²) < 4.78 is 0. The van der Waals surface area contributed by atoms with Crippen molar-refractivity contribution in [2.45, 2.75) is 19.9 Å². The highest BCUT2D eigenvalue weighted by Crippen LogP contribution is 2.21. The highest BCUT2D eigenvalue weighted by molar-refractivity contribution is 7.12. The third kappa shape index (κ3) is 3.86. The van der Waals surface area contributed by atoms with Crippen LogP contribution in [0.4, 0.5) is 5.69 Å². The van der Waals surface area contributed by atoms with Gasteiger partial charge in [-0.05, 0) is 36.2 Å². The second-order valence-electron chi connectivity index (χ2n) is 4.60. The van der Waals surface area contributed by atoms with Crippen LogP contribution in [-0.4, -0.2) is 18.8 Å². The van der Waals surface area contributed by atoms with E-state index >= 15 is 0 Å². The van der Waals surface area contributed by atoms with E-state index < -0.39 is 0 Å². The smallest absolute Gasteiger partial charge is 0.104 e. The molecular weight excluding hydrogens is 266 g/mol. The van der Waals surface area contributed by atoms with E-state index in [1.165, 1.54) is 16.1 Å². The van der Waals surface area contributed by atoms with Crippen molar-refractivity contribution in [3.05, 3.63) is 51.7 Å². The maximum atomic E-state index is 8.69. The molecule has 0 bridgehead atoms. The van der Waals surface area contributed by atoms with Crippen molar-refractivity contribution in [2.75, 3.05) is 18.6 Å². The minimum absolute atomic E-state index is 0.0864. The van der Waals surface area contributed by atoms with Crippen molar-refractivity contribution in [3.63, 3.8) is 0 Å². The molecule has 0 aliphatic rings. The van der Waals surface area contributed by atoms with Crippen molar-refractivity contribution < 1.29 is 5.11 Å². The second kappa shape index (κ2) is 7.14. The Labute approximate surface area is 124 Å². The predicted octanol–water partition coefficient (Wildman–Crippen LogP) is 3.29. The Morgan fingerprint density at radius 2 is 1.90 bits per heavy atom. The summed E-state index contributed by atoms with van der Waals surface area (Å²) >= 11 is 1.68. The summed E-state index contributed by atoms with van der Waals surface area (Å²) in [5, 5.41) is 8.69. The largest absolute Gasteiger partial charge is 0.384 e. The first-order chi connectivity index (χ1) is 9.72. The lowest BCUT2D eigenvalue weighted by Gasteiger charge is -2.18. The van der Waals surface area contributed by atoms with Gasteiger partial charge < -0.3 is 10.0 Å². The topological polar surface area (TPSA) is 23.5 Å². The molecule has 2 rings (SSSR count). The van der Waals surface area contributed by atoms with Crippen molar-refractivity contribution in [2.24, 2.45) is 0 Å². The molecule has 0 atom stereocenters. The van der Waals surface area contributed by atoms with E-state index in [0.29, 0.717) is 0 Å². The first kappa shape index (κ1) is 14.6. The lowest BCUT2D eigenvalue weighted by molar-refractivity contribution is 0.350. The second-order valence-corrected chi connectivity index (χ2v) is 5.77. The van der Waals surface area contributed by atoms with Gasteiger partial charge in [-0.15, -0.1) is 11.3 Å². The molecule has 2 nitrogen and oxygen atoms in total. The Morgan fingerprint density at radius 3 is 2.55 bits per heavy atom. The van der Waals surface area contributed by atoms with E-state index in [0.717, 1.165) is 17.8 Å². The fourth-order valence-corrected chi connectivity index (χ4v) is 2.90. The number of rotatable bonds is 4.